The molecule has 1 aromatic rings. The maximum Gasteiger partial charge on any atom is 0.139 e. The van der Waals surface area contributed by atoms with Gasteiger partial charge in [-0.1, -0.05) is 23.2 Å². The van der Waals surface area contributed by atoms with Crippen molar-refractivity contribution in [2.45, 2.75) is 0 Å². The van der Waals surface area contributed by atoms with E-state index in [1.807, 2.05) is 0 Å². The first kappa shape index (κ1) is 8.50. The van der Waals surface area contributed by atoms with Gasteiger partial charge in [-0.05, 0) is 0 Å². The molecule has 11 heavy (non-hydrogen) atoms. The first-order valence-corrected chi connectivity index (χ1v) is 3.62. The second-order valence-electron chi connectivity index (χ2n) is 1.94. The Bertz CT molecular complexity index is 273. The number of benzene rings is 1. The summed E-state index contributed by atoms with van der Waals surface area (Å²) in [5.74, 6) is 0.409. The van der Waals surface area contributed by atoms with E-state index in [9.17, 15) is 0 Å². The van der Waals surface area contributed by atoms with Crippen molar-refractivity contribution in [1.82, 2.24) is 0 Å². The Morgan fingerprint density at radius 1 is 1.27 bits per heavy atom. The maximum atomic E-state index is 9.05. The number of phenols is 1. The fraction of sp³-hybridized carbons (Fsp3) is 0.143. The number of hydrogen-bond acceptors (Lipinski definition) is 2. The highest BCUT2D eigenvalue weighted by molar-refractivity contribution is 6.35. The van der Waals surface area contributed by atoms with Crippen LogP contribution in [0.2, 0.25) is 10.0 Å². The molecule has 0 unspecified atom stereocenters. The zero-order chi connectivity index (χ0) is 8.43. The van der Waals surface area contributed by atoms with Gasteiger partial charge in [0.05, 0.1) is 17.2 Å². The van der Waals surface area contributed by atoms with Gasteiger partial charge in [-0.15, -0.1) is 0 Å². The second-order valence-corrected chi connectivity index (χ2v) is 2.75. The Labute approximate surface area is 74.3 Å². The molecule has 1 aromatic carbocycles. The largest absolute Gasteiger partial charge is 0.506 e. The molecule has 0 radical (unpaired) electrons. The van der Waals surface area contributed by atoms with Crippen molar-refractivity contribution in [3.05, 3.63) is 22.2 Å². The molecule has 0 aliphatic rings. The van der Waals surface area contributed by atoms with Crippen molar-refractivity contribution in [1.29, 1.82) is 0 Å². The number of phenolic OH excluding ortho intramolecular Hbond substituents is 1. The summed E-state index contributed by atoms with van der Waals surface area (Å²) >= 11 is 11.2. The molecule has 0 atom stereocenters. The number of ether oxygens (including phenoxy) is 1. The SMILES string of the molecule is COc1cc(Cl)c(O)cc1Cl. The lowest BCUT2D eigenvalue weighted by molar-refractivity contribution is 0.412. The van der Waals surface area contributed by atoms with E-state index in [-0.39, 0.29) is 10.8 Å². The van der Waals surface area contributed by atoms with Crippen molar-refractivity contribution in [3.8, 4) is 11.5 Å². The van der Waals surface area contributed by atoms with Crippen LogP contribution in [-0.4, -0.2) is 12.2 Å². The van der Waals surface area contributed by atoms with Crippen LogP contribution in [0, 0.1) is 0 Å². The van der Waals surface area contributed by atoms with Gasteiger partial charge in [0, 0.05) is 12.1 Å². The molecule has 0 heterocycles. The quantitative estimate of drug-likeness (QED) is 0.742. The predicted octanol–water partition coefficient (Wildman–Crippen LogP) is 2.71. The molecular formula is C7H6Cl2O2. The van der Waals surface area contributed by atoms with Gasteiger partial charge in [0.25, 0.3) is 0 Å². The molecule has 1 N–H and O–H groups in total. The first-order valence-electron chi connectivity index (χ1n) is 2.87. The number of hydrogen-bond donors (Lipinski definition) is 1. The Kier molecular flexibility index (Phi) is 2.47. The van der Waals surface area contributed by atoms with Crippen LogP contribution in [0.15, 0.2) is 12.1 Å². The molecular weight excluding hydrogens is 187 g/mol. The van der Waals surface area contributed by atoms with Crippen LogP contribution >= 0.6 is 23.2 Å². The second kappa shape index (κ2) is 3.20. The van der Waals surface area contributed by atoms with E-state index < -0.39 is 0 Å². The lowest BCUT2D eigenvalue weighted by Gasteiger charge is -2.03. The van der Waals surface area contributed by atoms with E-state index in [1.165, 1.54) is 19.2 Å². The molecule has 0 amide bonds. The van der Waals surface area contributed by atoms with E-state index in [2.05, 4.69) is 0 Å². The van der Waals surface area contributed by atoms with Gasteiger partial charge in [0.2, 0.25) is 0 Å². The molecule has 60 valence electrons. The summed E-state index contributed by atoms with van der Waals surface area (Å²) in [4.78, 5) is 0. The fourth-order valence-corrected chi connectivity index (χ4v) is 1.06. The summed E-state index contributed by atoms with van der Waals surface area (Å²) in [5, 5.41) is 9.62. The standard InChI is InChI=1S/C7H6Cl2O2/c1-11-7-3-4(8)6(10)2-5(7)9/h2-3,10H,1H3. The Morgan fingerprint density at radius 3 is 2.45 bits per heavy atom. The summed E-state index contributed by atoms with van der Waals surface area (Å²) in [7, 11) is 1.48. The predicted molar refractivity (Wildman–Crippen MR) is 44.7 cm³/mol. The minimum Gasteiger partial charge on any atom is -0.506 e. The average Bonchev–Trinajstić information content (AvgIpc) is 1.97. The van der Waals surface area contributed by atoms with Gasteiger partial charge in [-0.25, -0.2) is 0 Å². The van der Waals surface area contributed by atoms with E-state index in [0.29, 0.717) is 10.8 Å². The van der Waals surface area contributed by atoms with Crippen LogP contribution in [0.1, 0.15) is 0 Å². The van der Waals surface area contributed by atoms with E-state index in [0.717, 1.165) is 0 Å². The van der Waals surface area contributed by atoms with Crippen molar-refractivity contribution >= 4 is 23.2 Å². The molecule has 4 heteroatoms. The van der Waals surface area contributed by atoms with Gasteiger partial charge < -0.3 is 9.84 Å². The van der Waals surface area contributed by atoms with Gasteiger partial charge in [-0.3, -0.25) is 0 Å². The summed E-state index contributed by atoms with van der Waals surface area (Å²) in [6.45, 7) is 0. The Hall–Kier alpha value is -0.600. The summed E-state index contributed by atoms with van der Waals surface area (Å²) in [6, 6.07) is 2.79. The third kappa shape index (κ3) is 1.70. The lowest BCUT2D eigenvalue weighted by Crippen LogP contribution is -1.83. The van der Waals surface area contributed by atoms with Crippen LogP contribution < -0.4 is 4.74 Å². The monoisotopic (exact) mass is 192 g/mol. The normalized spacial score (nSPS) is 9.73. The molecule has 1 rings (SSSR count). The fourth-order valence-electron chi connectivity index (χ4n) is 0.675. The smallest absolute Gasteiger partial charge is 0.139 e. The zero-order valence-electron chi connectivity index (χ0n) is 5.77. The third-order valence-corrected chi connectivity index (χ3v) is 1.82. The van der Waals surface area contributed by atoms with Crippen LogP contribution in [0.25, 0.3) is 0 Å². The average molecular weight is 193 g/mol. The summed E-state index contributed by atoms with van der Waals surface area (Å²) in [6.07, 6.45) is 0. The molecule has 0 aliphatic carbocycles. The zero-order valence-corrected chi connectivity index (χ0v) is 7.28. The highest BCUT2D eigenvalue weighted by atomic mass is 35.5. The lowest BCUT2D eigenvalue weighted by atomic mass is 10.3. The molecule has 0 bridgehead atoms. The molecule has 2 nitrogen and oxygen atoms in total. The highest BCUT2D eigenvalue weighted by Crippen LogP contribution is 2.34. The van der Waals surface area contributed by atoms with Gasteiger partial charge in [0.15, 0.2) is 0 Å². The Balaban J connectivity index is 3.21. The number of halogens is 2. The number of methoxy groups -OCH3 is 1. The molecule has 0 fully saturated rings. The third-order valence-electron chi connectivity index (χ3n) is 1.22. The minimum absolute atomic E-state index is 0.0440. The van der Waals surface area contributed by atoms with E-state index in [1.54, 1.807) is 0 Å². The van der Waals surface area contributed by atoms with Crippen molar-refractivity contribution in [3.63, 3.8) is 0 Å². The highest BCUT2D eigenvalue weighted by Gasteiger charge is 2.05. The summed E-state index contributed by atoms with van der Waals surface area (Å²) in [5.41, 5.74) is 0. The number of rotatable bonds is 1. The molecule has 0 aromatic heterocycles. The molecule has 0 aliphatic heterocycles. The van der Waals surface area contributed by atoms with E-state index in [4.69, 9.17) is 33.0 Å². The number of aromatic hydroxyl groups is 1. The van der Waals surface area contributed by atoms with Crippen molar-refractivity contribution < 1.29 is 9.84 Å². The van der Waals surface area contributed by atoms with Gasteiger partial charge in [0.1, 0.15) is 11.5 Å². The maximum absolute atomic E-state index is 9.05. The minimum atomic E-state index is -0.0440. The Morgan fingerprint density at radius 2 is 1.91 bits per heavy atom. The van der Waals surface area contributed by atoms with Crippen molar-refractivity contribution in [2.24, 2.45) is 0 Å². The molecule has 0 saturated carbocycles. The van der Waals surface area contributed by atoms with Crippen LogP contribution in [-0.2, 0) is 0 Å². The molecule has 0 saturated heterocycles. The van der Waals surface area contributed by atoms with Gasteiger partial charge in [-0.2, -0.15) is 0 Å². The summed E-state index contributed by atoms with van der Waals surface area (Å²) < 4.78 is 4.85. The van der Waals surface area contributed by atoms with Crippen LogP contribution in [0.3, 0.4) is 0 Å². The van der Waals surface area contributed by atoms with Crippen LogP contribution in [0.4, 0.5) is 0 Å². The van der Waals surface area contributed by atoms with Crippen molar-refractivity contribution in [2.75, 3.05) is 7.11 Å². The topological polar surface area (TPSA) is 29.5 Å². The first-order chi connectivity index (χ1) is 5.15. The van der Waals surface area contributed by atoms with Gasteiger partial charge >= 0.3 is 0 Å². The molecule has 0 spiro atoms. The van der Waals surface area contributed by atoms with Crippen LogP contribution in [0.5, 0.6) is 11.5 Å². The van der Waals surface area contributed by atoms with E-state index >= 15 is 0 Å².